The van der Waals surface area contributed by atoms with Crippen molar-refractivity contribution in [1.29, 1.82) is 0 Å². The standard InChI is InChI=1S/C16H19FN2OS/c1-19(2)13-8-7-10(9-11(13)17)16-18-12-5-4-6-14(20-3)15(12)21-16/h7-9,14H,4-6H2,1-3H3. The highest BCUT2D eigenvalue weighted by Gasteiger charge is 2.25. The summed E-state index contributed by atoms with van der Waals surface area (Å²) in [5, 5.41) is 0.883. The van der Waals surface area contributed by atoms with E-state index in [9.17, 15) is 4.39 Å². The van der Waals surface area contributed by atoms with E-state index in [1.54, 1.807) is 35.5 Å². The zero-order valence-corrected chi connectivity index (χ0v) is 13.3. The first kappa shape index (κ1) is 14.5. The predicted molar refractivity (Wildman–Crippen MR) is 84.5 cm³/mol. The Balaban J connectivity index is 1.98. The molecule has 1 unspecified atom stereocenters. The molecule has 1 heterocycles. The molecular weight excluding hydrogens is 287 g/mol. The number of fused-ring (bicyclic) bond motifs is 1. The van der Waals surface area contributed by atoms with E-state index in [0.29, 0.717) is 5.69 Å². The number of hydrogen-bond acceptors (Lipinski definition) is 4. The van der Waals surface area contributed by atoms with Gasteiger partial charge in [0.1, 0.15) is 10.8 Å². The van der Waals surface area contributed by atoms with Gasteiger partial charge in [0, 0.05) is 26.8 Å². The van der Waals surface area contributed by atoms with Gasteiger partial charge in [-0.2, -0.15) is 0 Å². The van der Waals surface area contributed by atoms with E-state index in [-0.39, 0.29) is 11.9 Å². The molecular formula is C16H19FN2OS. The van der Waals surface area contributed by atoms with Crippen LogP contribution in [0.5, 0.6) is 0 Å². The molecule has 0 spiro atoms. The molecule has 1 aliphatic carbocycles. The van der Waals surface area contributed by atoms with E-state index in [1.165, 1.54) is 4.88 Å². The molecule has 1 aliphatic rings. The van der Waals surface area contributed by atoms with Gasteiger partial charge < -0.3 is 9.64 Å². The summed E-state index contributed by atoms with van der Waals surface area (Å²) in [6.45, 7) is 0. The second-order valence-corrected chi connectivity index (χ2v) is 6.54. The number of nitrogens with zero attached hydrogens (tertiary/aromatic N) is 2. The van der Waals surface area contributed by atoms with Crippen molar-refractivity contribution in [2.24, 2.45) is 0 Å². The van der Waals surface area contributed by atoms with E-state index in [0.717, 1.165) is 35.5 Å². The number of halogens is 1. The van der Waals surface area contributed by atoms with E-state index in [4.69, 9.17) is 9.72 Å². The molecule has 0 aliphatic heterocycles. The van der Waals surface area contributed by atoms with Crippen LogP contribution in [0.25, 0.3) is 10.6 Å². The van der Waals surface area contributed by atoms with Crippen LogP contribution in [-0.2, 0) is 11.2 Å². The largest absolute Gasteiger partial charge is 0.376 e. The van der Waals surface area contributed by atoms with Crippen LogP contribution in [0.2, 0.25) is 0 Å². The number of methoxy groups -OCH3 is 1. The number of ether oxygens (including phenoxy) is 1. The normalized spacial score (nSPS) is 17.6. The molecule has 2 aromatic rings. The fraction of sp³-hybridized carbons (Fsp3) is 0.438. The highest BCUT2D eigenvalue weighted by atomic mass is 32.1. The van der Waals surface area contributed by atoms with Crippen LogP contribution in [0, 0.1) is 5.82 Å². The summed E-state index contributed by atoms with van der Waals surface area (Å²) < 4.78 is 19.7. The molecule has 112 valence electrons. The minimum atomic E-state index is -0.214. The monoisotopic (exact) mass is 306 g/mol. The minimum Gasteiger partial charge on any atom is -0.376 e. The second kappa shape index (κ2) is 5.73. The van der Waals surface area contributed by atoms with Crippen LogP contribution >= 0.6 is 11.3 Å². The second-order valence-electron chi connectivity index (χ2n) is 5.51. The van der Waals surface area contributed by atoms with Crippen molar-refractivity contribution >= 4 is 17.0 Å². The van der Waals surface area contributed by atoms with E-state index in [2.05, 4.69) is 0 Å². The number of aromatic nitrogens is 1. The van der Waals surface area contributed by atoms with Gasteiger partial charge in [-0.1, -0.05) is 0 Å². The summed E-state index contributed by atoms with van der Waals surface area (Å²) in [6, 6.07) is 5.31. The number of aryl methyl sites for hydroxylation is 1. The lowest BCUT2D eigenvalue weighted by Crippen LogP contribution is -2.10. The molecule has 0 saturated carbocycles. The number of rotatable bonds is 3. The third-order valence-corrected chi connectivity index (χ3v) is 5.10. The van der Waals surface area contributed by atoms with Crippen LogP contribution in [0.15, 0.2) is 18.2 Å². The summed E-state index contributed by atoms with van der Waals surface area (Å²) in [4.78, 5) is 7.67. The lowest BCUT2D eigenvalue weighted by Gasteiger charge is -2.19. The van der Waals surface area contributed by atoms with Crippen molar-refractivity contribution < 1.29 is 9.13 Å². The molecule has 3 rings (SSSR count). The zero-order chi connectivity index (χ0) is 15.0. The third kappa shape index (κ3) is 2.68. The molecule has 21 heavy (non-hydrogen) atoms. The first-order valence-corrected chi connectivity index (χ1v) is 7.91. The smallest absolute Gasteiger partial charge is 0.147 e. The Labute approximate surface area is 128 Å². The number of hydrogen-bond donors (Lipinski definition) is 0. The number of benzene rings is 1. The first-order chi connectivity index (χ1) is 10.1. The molecule has 0 amide bonds. The molecule has 5 heteroatoms. The SMILES string of the molecule is COC1CCCc2nc(-c3ccc(N(C)C)c(F)c3)sc21. The molecule has 1 aromatic carbocycles. The summed E-state index contributed by atoms with van der Waals surface area (Å²) >= 11 is 1.63. The number of anilines is 1. The van der Waals surface area contributed by atoms with Crippen molar-refractivity contribution in [3.8, 4) is 10.6 Å². The number of thiazole rings is 1. The lowest BCUT2D eigenvalue weighted by molar-refractivity contribution is 0.0908. The maximum atomic E-state index is 14.1. The first-order valence-electron chi connectivity index (χ1n) is 7.09. The van der Waals surface area contributed by atoms with Gasteiger partial charge in [-0.3, -0.25) is 0 Å². The summed E-state index contributed by atoms with van der Waals surface area (Å²) in [6.07, 6.45) is 3.27. The maximum Gasteiger partial charge on any atom is 0.147 e. The van der Waals surface area contributed by atoms with E-state index >= 15 is 0 Å². The van der Waals surface area contributed by atoms with Gasteiger partial charge in [-0.15, -0.1) is 11.3 Å². The van der Waals surface area contributed by atoms with E-state index < -0.39 is 0 Å². The van der Waals surface area contributed by atoms with Gasteiger partial charge in [0.25, 0.3) is 0 Å². The van der Waals surface area contributed by atoms with E-state index in [1.807, 2.05) is 20.2 Å². The molecule has 0 radical (unpaired) electrons. The van der Waals surface area contributed by atoms with Gasteiger partial charge in [-0.25, -0.2) is 9.37 Å². The average molecular weight is 306 g/mol. The Morgan fingerprint density at radius 2 is 2.19 bits per heavy atom. The molecule has 0 fully saturated rings. The quantitative estimate of drug-likeness (QED) is 0.856. The molecule has 1 aromatic heterocycles. The highest BCUT2D eigenvalue weighted by Crippen LogP contribution is 2.39. The Bertz CT molecular complexity index is 654. The Hall–Kier alpha value is -1.46. The summed E-state index contributed by atoms with van der Waals surface area (Å²) in [5.41, 5.74) is 2.55. The van der Waals surface area contributed by atoms with Crippen molar-refractivity contribution in [3.63, 3.8) is 0 Å². The molecule has 1 atom stereocenters. The fourth-order valence-electron chi connectivity index (χ4n) is 2.73. The maximum absolute atomic E-state index is 14.1. The average Bonchev–Trinajstić information content (AvgIpc) is 2.90. The highest BCUT2D eigenvalue weighted by molar-refractivity contribution is 7.15. The molecule has 3 nitrogen and oxygen atoms in total. The zero-order valence-electron chi connectivity index (χ0n) is 12.5. The Morgan fingerprint density at radius 1 is 1.38 bits per heavy atom. The lowest BCUT2D eigenvalue weighted by atomic mass is 10.0. The summed E-state index contributed by atoms with van der Waals surface area (Å²) in [7, 11) is 5.41. The van der Waals surface area contributed by atoms with Crippen LogP contribution < -0.4 is 4.90 Å². The molecule has 0 N–H and O–H groups in total. The van der Waals surface area contributed by atoms with Crippen molar-refractivity contribution in [3.05, 3.63) is 34.6 Å². The topological polar surface area (TPSA) is 25.4 Å². The van der Waals surface area contributed by atoms with Crippen molar-refractivity contribution in [2.75, 3.05) is 26.1 Å². The van der Waals surface area contributed by atoms with Crippen LogP contribution in [0.3, 0.4) is 0 Å². The van der Waals surface area contributed by atoms with Gasteiger partial charge in [-0.05, 0) is 37.5 Å². The van der Waals surface area contributed by atoms with Gasteiger partial charge in [0.05, 0.1) is 22.4 Å². The van der Waals surface area contributed by atoms with Crippen molar-refractivity contribution in [1.82, 2.24) is 4.98 Å². The van der Waals surface area contributed by atoms with Crippen LogP contribution in [0.1, 0.15) is 29.5 Å². The molecule has 0 saturated heterocycles. The van der Waals surface area contributed by atoms with Crippen molar-refractivity contribution in [2.45, 2.75) is 25.4 Å². The molecule has 0 bridgehead atoms. The Morgan fingerprint density at radius 3 is 2.86 bits per heavy atom. The van der Waals surface area contributed by atoms with Crippen LogP contribution in [-0.4, -0.2) is 26.2 Å². The van der Waals surface area contributed by atoms with Crippen LogP contribution in [0.4, 0.5) is 10.1 Å². The fourth-order valence-corrected chi connectivity index (χ4v) is 3.95. The Kier molecular flexibility index (Phi) is 3.95. The minimum absolute atomic E-state index is 0.144. The predicted octanol–water partition coefficient (Wildman–Crippen LogP) is 4.04. The van der Waals surface area contributed by atoms with Gasteiger partial charge in [0.2, 0.25) is 0 Å². The van der Waals surface area contributed by atoms with Gasteiger partial charge in [0.15, 0.2) is 0 Å². The summed E-state index contributed by atoms with van der Waals surface area (Å²) in [5.74, 6) is -0.214. The van der Waals surface area contributed by atoms with Gasteiger partial charge >= 0.3 is 0 Å². The third-order valence-electron chi connectivity index (χ3n) is 3.86.